The van der Waals surface area contributed by atoms with Crippen LogP contribution < -0.4 is 5.73 Å². The summed E-state index contributed by atoms with van der Waals surface area (Å²) in [5, 5.41) is 4.11. The van der Waals surface area contributed by atoms with Gasteiger partial charge in [-0.15, -0.1) is 24.8 Å². The van der Waals surface area contributed by atoms with E-state index in [1.54, 1.807) is 27.9 Å². The van der Waals surface area contributed by atoms with Crippen molar-refractivity contribution >= 4 is 36.4 Å². The average molecular weight is 331 g/mol. The molecule has 0 fully saturated rings. The molecule has 2 aromatic rings. The Bertz CT molecular complexity index is 586. The van der Waals surface area contributed by atoms with Gasteiger partial charge in [0, 0.05) is 37.6 Å². The van der Waals surface area contributed by atoms with E-state index < -0.39 is 0 Å². The van der Waals surface area contributed by atoms with Crippen LogP contribution in [-0.4, -0.2) is 27.1 Å². The van der Waals surface area contributed by atoms with Crippen molar-refractivity contribution in [1.82, 2.24) is 14.7 Å². The fourth-order valence-electron chi connectivity index (χ4n) is 1.96. The number of aryl methyl sites for hydroxylation is 1. The number of anilines is 1. The zero-order valence-corrected chi connectivity index (χ0v) is 13.7. The molecule has 0 saturated carbocycles. The second-order valence-electron chi connectivity index (χ2n) is 4.43. The van der Waals surface area contributed by atoms with E-state index in [1.165, 1.54) is 0 Å². The quantitative estimate of drug-likeness (QED) is 0.876. The Morgan fingerprint density at radius 2 is 2.00 bits per heavy atom. The molecule has 1 aromatic carbocycles. The molecule has 7 heteroatoms. The molecule has 0 atom stereocenters. The lowest BCUT2D eigenvalue weighted by atomic mass is 10.1. The SMILES string of the molecule is CCN(Cc1cnn(C)c1)C(=O)c1ccccc1N.Cl.Cl. The highest BCUT2D eigenvalue weighted by Gasteiger charge is 2.17. The molecule has 0 aliphatic rings. The van der Waals surface area contributed by atoms with E-state index in [2.05, 4.69) is 5.10 Å². The molecule has 1 amide bonds. The summed E-state index contributed by atoms with van der Waals surface area (Å²) in [6.07, 6.45) is 3.68. The van der Waals surface area contributed by atoms with E-state index in [0.29, 0.717) is 24.3 Å². The minimum Gasteiger partial charge on any atom is -0.398 e. The van der Waals surface area contributed by atoms with Gasteiger partial charge in [-0.25, -0.2) is 0 Å². The van der Waals surface area contributed by atoms with E-state index in [0.717, 1.165) is 5.56 Å². The lowest BCUT2D eigenvalue weighted by Crippen LogP contribution is -2.30. The first-order chi connectivity index (χ1) is 9.11. The minimum absolute atomic E-state index is 0. The number of rotatable bonds is 4. The van der Waals surface area contributed by atoms with Gasteiger partial charge in [0.15, 0.2) is 0 Å². The summed E-state index contributed by atoms with van der Waals surface area (Å²) in [6, 6.07) is 7.14. The third-order valence-electron chi connectivity index (χ3n) is 2.99. The Morgan fingerprint density at radius 1 is 1.33 bits per heavy atom. The van der Waals surface area contributed by atoms with Gasteiger partial charge in [-0.2, -0.15) is 5.10 Å². The zero-order chi connectivity index (χ0) is 13.8. The highest BCUT2D eigenvalue weighted by atomic mass is 35.5. The van der Waals surface area contributed by atoms with Gasteiger partial charge < -0.3 is 10.6 Å². The number of halogens is 2. The number of carbonyl (C=O) groups is 1. The molecule has 0 spiro atoms. The number of amides is 1. The monoisotopic (exact) mass is 330 g/mol. The summed E-state index contributed by atoms with van der Waals surface area (Å²) < 4.78 is 1.73. The summed E-state index contributed by atoms with van der Waals surface area (Å²) in [6.45, 7) is 3.12. The predicted molar refractivity (Wildman–Crippen MR) is 89.0 cm³/mol. The Balaban J connectivity index is 0.00000200. The Labute approximate surface area is 136 Å². The fraction of sp³-hybridized carbons (Fsp3) is 0.286. The van der Waals surface area contributed by atoms with Crippen LogP contribution >= 0.6 is 24.8 Å². The average Bonchev–Trinajstić information content (AvgIpc) is 2.81. The molecule has 0 saturated heterocycles. The van der Waals surface area contributed by atoms with Crippen LogP contribution in [0.5, 0.6) is 0 Å². The molecule has 0 radical (unpaired) electrons. The van der Waals surface area contributed by atoms with Crippen LogP contribution in [0.2, 0.25) is 0 Å². The van der Waals surface area contributed by atoms with Crippen LogP contribution in [0, 0.1) is 0 Å². The maximum Gasteiger partial charge on any atom is 0.256 e. The summed E-state index contributed by atoms with van der Waals surface area (Å²) in [5.74, 6) is -0.0514. The first-order valence-corrected chi connectivity index (χ1v) is 6.23. The van der Waals surface area contributed by atoms with Gasteiger partial charge in [-0.1, -0.05) is 12.1 Å². The molecule has 0 unspecified atom stereocenters. The van der Waals surface area contributed by atoms with Crippen molar-refractivity contribution in [3.8, 4) is 0 Å². The maximum atomic E-state index is 12.4. The number of nitrogens with zero attached hydrogens (tertiary/aromatic N) is 3. The molecular weight excluding hydrogens is 311 g/mol. The van der Waals surface area contributed by atoms with Gasteiger partial charge in [-0.3, -0.25) is 9.48 Å². The Hall–Kier alpha value is -1.72. The molecule has 0 aliphatic heterocycles. The molecule has 0 aliphatic carbocycles. The van der Waals surface area contributed by atoms with Crippen molar-refractivity contribution in [2.24, 2.45) is 7.05 Å². The second kappa shape index (κ2) is 8.54. The van der Waals surface area contributed by atoms with Crippen LogP contribution in [-0.2, 0) is 13.6 Å². The topological polar surface area (TPSA) is 64.2 Å². The third kappa shape index (κ3) is 4.65. The van der Waals surface area contributed by atoms with Gasteiger partial charge >= 0.3 is 0 Å². The van der Waals surface area contributed by atoms with Crippen LogP contribution in [0.25, 0.3) is 0 Å². The van der Waals surface area contributed by atoms with Gasteiger partial charge in [0.1, 0.15) is 0 Å². The van der Waals surface area contributed by atoms with Gasteiger partial charge in [0.05, 0.1) is 11.8 Å². The number of carbonyl (C=O) groups excluding carboxylic acids is 1. The van der Waals surface area contributed by atoms with E-state index in [4.69, 9.17) is 5.73 Å². The summed E-state index contributed by atoms with van der Waals surface area (Å²) >= 11 is 0. The number of benzene rings is 1. The molecule has 1 heterocycles. The summed E-state index contributed by atoms with van der Waals surface area (Å²) in [7, 11) is 1.86. The molecule has 2 N–H and O–H groups in total. The largest absolute Gasteiger partial charge is 0.398 e. The van der Waals surface area contributed by atoms with Gasteiger partial charge in [0.2, 0.25) is 0 Å². The molecule has 2 rings (SSSR count). The van der Waals surface area contributed by atoms with Crippen LogP contribution in [0.3, 0.4) is 0 Å². The number of hydrogen-bond acceptors (Lipinski definition) is 3. The zero-order valence-electron chi connectivity index (χ0n) is 12.0. The van der Waals surface area contributed by atoms with Crippen molar-refractivity contribution in [1.29, 1.82) is 0 Å². The van der Waals surface area contributed by atoms with Crippen molar-refractivity contribution in [2.45, 2.75) is 13.5 Å². The van der Waals surface area contributed by atoms with Crippen molar-refractivity contribution < 1.29 is 4.79 Å². The fourth-order valence-corrected chi connectivity index (χ4v) is 1.96. The van der Waals surface area contributed by atoms with Gasteiger partial charge in [0.25, 0.3) is 5.91 Å². The molecule has 1 aromatic heterocycles. The standard InChI is InChI=1S/C14H18N4O.2ClH/c1-3-18(10-11-8-16-17(2)9-11)14(19)12-6-4-5-7-13(12)15;;/h4-9H,3,10,15H2,1-2H3;2*1H. The van der Waals surface area contributed by atoms with Crippen molar-refractivity contribution in [2.75, 3.05) is 12.3 Å². The molecule has 21 heavy (non-hydrogen) atoms. The number of para-hydroxylation sites is 1. The van der Waals surface area contributed by atoms with Gasteiger partial charge in [-0.05, 0) is 19.1 Å². The van der Waals surface area contributed by atoms with Crippen molar-refractivity contribution in [3.05, 3.63) is 47.8 Å². The van der Waals surface area contributed by atoms with Crippen LogP contribution in [0.4, 0.5) is 5.69 Å². The third-order valence-corrected chi connectivity index (χ3v) is 2.99. The second-order valence-corrected chi connectivity index (χ2v) is 4.43. The highest BCUT2D eigenvalue weighted by Crippen LogP contribution is 2.15. The molecule has 116 valence electrons. The van der Waals surface area contributed by atoms with Crippen LogP contribution in [0.15, 0.2) is 36.7 Å². The summed E-state index contributed by atoms with van der Waals surface area (Å²) in [5.41, 5.74) is 7.91. The minimum atomic E-state index is -0.0514. The predicted octanol–water partition coefficient (Wildman–Crippen LogP) is 2.51. The first-order valence-electron chi connectivity index (χ1n) is 6.23. The van der Waals surface area contributed by atoms with E-state index in [1.807, 2.05) is 32.3 Å². The first kappa shape index (κ1) is 19.3. The maximum absolute atomic E-state index is 12.4. The number of hydrogen-bond donors (Lipinski definition) is 1. The lowest BCUT2D eigenvalue weighted by Gasteiger charge is -2.21. The van der Waals surface area contributed by atoms with Crippen LogP contribution in [0.1, 0.15) is 22.8 Å². The lowest BCUT2D eigenvalue weighted by molar-refractivity contribution is 0.0753. The number of nitrogen functional groups attached to an aromatic ring is 1. The van der Waals surface area contributed by atoms with E-state index in [-0.39, 0.29) is 30.7 Å². The number of aromatic nitrogens is 2. The van der Waals surface area contributed by atoms with E-state index >= 15 is 0 Å². The van der Waals surface area contributed by atoms with Crippen molar-refractivity contribution in [3.63, 3.8) is 0 Å². The number of nitrogens with two attached hydrogens (primary N) is 1. The molecule has 5 nitrogen and oxygen atoms in total. The molecular formula is C14H20Cl2N4O. The highest BCUT2D eigenvalue weighted by molar-refractivity contribution is 5.99. The Morgan fingerprint density at radius 3 is 2.52 bits per heavy atom. The smallest absolute Gasteiger partial charge is 0.256 e. The molecule has 0 bridgehead atoms. The van der Waals surface area contributed by atoms with E-state index in [9.17, 15) is 4.79 Å². The summed E-state index contributed by atoms with van der Waals surface area (Å²) in [4.78, 5) is 14.2. The Kier molecular flexibility index (Phi) is 7.84. The normalized spacial score (nSPS) is 9.43.